The van der Waals surface area contributed by atoms with Crippen molar-refractivity contribution in [1.29, 1.82) is 0 Å². The van der Waals surface area contributed by atoms with E-state index in [1.165, 1.54) is 11.3 Å². The van der Waals surface area contributed by atoms with Gasteiger partial charge in [0, 0.05) is 17.3 Å². The van der Waals surface area contributed by atoms with Gasteiger partial charge in [-0.2, -0.15) is 0 Å². The third-order valence-electron chi connectivity index (χ3n) is 2.56. The average molecular weight is 234 g/mol. The van der Waals surface area contributed by atoms with E-state index in [0.29, 0.717) is 6.42 Å². The van der Waals surface area contributed by atoms with Gasteiger partial charge in [0.1, 0.15) is 6.17 Å². The van der Waals surface area contributed by atoms with Crippen LogP contribution in [0.3, 0.4) is 0 Å². The summed E-state index contributed by atoms with van der Waals surface area (Å²) in [4.78, 5) is 1.04. The Hall–Kier alpha value is -0.120. The second-order valence-electron chi connectivity index (χ2n) is 3.63. The maximum Gasteiger partial charge on any atom is 0.120 e. The average Bonchev–Trinajstić information content (AvgIpc) is 2.75. The molecule has 0 bridgehead atoms. The predicted octanol–water partition coefficient (Wildman–Crippen LogP) is 3.03. The summed E-state index contributed by atoms with van der Waals surface area (Å²) in [6.45, 7) is 0.955. The molecule has 0 spiro atoms. The van der Waals surface area contributed by atoms with E-state index in [9.17, 15) is 4.39 Å². The van der Waals surface area contributed by atoms with Gasteiger partial charge in [-0.1, -0.05) is 11.6 Å². The molecule has 0 aliphatic carbocycles. The van der Waals surface area contributed by atoms with Crippen molar-refractivity contribution in [2.75, 3.05) is 6.54 Å². The first-order chi connectivity index (χ1) is 6.75. The first kappa shape index (κ1) is 10.4. The topological polar surface area (TPSA) is 12.0 Å². The zero-order valence-electron chi connectivity index (χ0n) is 7.80. The summed E-state index contributed by atoms with van der Waals surface area (Å²) in [7, 11) is 0. The van der Waals surface area contributed by atoms with Crippen LogP contribution in [0.4, 0.5) is 4.39 Å². The van der Waals surface area contributed by atoms with Crippen LogP contribution in [-0.4, -0.2) is 18.8 Å². The van der Waals surface area contributed by atoms with E-state index in [2.05, 4.69) is 5.32 Å². The van der Waals surface area contributed by atoms with Gasteiger partial charge in [-0.3, -0.25) is 0 Å². The molecule has 1 aromatic rings. The van der Waals surface area contributed by atoms with Crippen LogP contribution in [0.25, 0.3) is 0 Å². The molecule has 1 aromatic heterocycles. The van der Waals surface area contributed by atoms with Crippen LogP contribution >= 0.6 is 22.9 Å². The van der Waals surface area contributed by atoms with Gasteiger partial charge < -0.3 is 5.32 Å². The Kier molecular flexibility index (Phi) is 3.42. The maximum absolute atomic E-state index is 13.7. The van der Waals surface area contributed by atoms with Crippen molar-refractivity contribution in [2.45, 2.75) is 31.5 Å². The van der Waals surface area contributed by atoms with E-state index < -0.39 is 6.17 Å². The normalized spacial score (nSPS) is 24.0. The maximum atomic E-state index is 13.7. The molecule has 0 amide bonds. The fraction of sp³-hybridized carbons (Fsp3) is 0.600. The Morgan fingerprint density at radius 3 is 3.07 bits per heavy atom. The molecule has 1 saturated heterocycles. The Morgan fingerprint density at radius 1 is 1.64 bits per heavy atom. The van der Waals surface area contributed by atoms with Crippen LogP contribution in [0.1, 0.15) is 17.7 Å². The van der Waals surface area contributed by atoms with Gasteiger partial charge in [-0.15, -0.1) is 11.3 Å². The molecular formula is C10H13ClFNS. The minimum absolute atomic E-state index is 0.0517. The zero-order valence-corrected chi connectivity index (χ0v) is 9.37. The molecule has 78 valence electrons. The van der Waals surface area contributed by atoms with Gasteiger partial charge in [0.25, 0.3) is 0 Å². The highest BCUT2D eigenvalue weighted by Gasteiger charge is 2.24. The zero-order chi connectivity index (χ0) is 9.97. The molecule has 2 heterocycles. The van der Waals surface area contributed by atoms with Crippen LogP contribution in [0.5, 0.6) is 0 Å². The Bertz CT molecular complexity index is 296. The molecule has 0 saturated carbocycles. The van der Waals surface area contributed by atoms with Crippen molar-refractivity contribution in [3.63, 3.8) is 0 Å². The number of nitrogens with one attached hydrogen (secondary N) is 1. The molecule has 14 heavy (non-hydrogen) atoms. The summed E-state index contributed by atoms with van der Waals surface area (Å²) < 4.78 is 14.4. The summed E-state index contributed by atoms with van der Waals surface area (Å²) in [6.07, 6.45) is 1.78. The predicted molar refractivity (Wildman–Crippen MR) is 59.0 cm³/mol. The highest BCUT2D eigenvalue weighted by molar-refractivity contribution is 7.16. The van der Waals surface area contributed by atoms with Crippen LogP contribution in [0.15, 0.2) is 12.1 Å². The summed E-state index contributed by atoms with van der Waals surface area (Å²) in [5.74, 6) is 0. The smallest absolute Gasteiger partial charge is 0.120 e. The minimum Gasteiger partial charge on any atom is -0.311 e. The molecule has 0 aromatic carbocycles. The lowest BCUT2D eigenvalue weighted by molar-refractivity contribution is 0.265. The van der Waals surface area contributed by atoms with Crippen molar-refractivity contribution in [3.8, 4) is 0 Å². The van der Waals surface area contributed by atoms with Gasteiger partial charge in [0.2, 0.25) is 0 Å². The molecule has 2 unspecified atom stereocenters. The largest absolute Gasteiger partial charge is 0.311 e. The summed E-state index contributed by atoms with van der Waals surface area (Å²) >= 11 is 7.26. The lowest BCUT2D eigenvalue weighted by Gasteiger charge is -2.14. The van der Waals surface area contributed by atoms with Crippen molar-refractivity contribution in [2.24, 2.45) is 0 Å². The first-order valence-electron chi connectivity index (χ1n) is 4.87. The van der Waals surface area contributed by atoms with E-state index in [1.54, 1.807) is 0 Å². The lowest BCUT2D eigenvalue weighted by Crippen LogP contribution is -2.32. The first-order valence-corrected chi connectivity index (χ1v) is 6.07. The fourth-order valence-electron chi connectivity index (χ4n) is 1.82. The SMILES string of the molecule is FC(Cc1ccc(Cl)s1)C1CCCN1. The molecular weight excluding hydrogens is 221 g/mol. The third-order valence-corrected chi connectivity index (χ3v) is 3.81. The molecule has 1 N–H and O–H groups in total. The van der Waals surface area contributed by atoms with Crippen LogP contribution < -0.4 is 5.32 Å². The Labute approximate surface area is 92.3 Å². The van der Waals surface area contributed by atoms with Gasteiger partial charge in [-0.05, 0) is 31.5 Å². The number of thiophene rings is 1. The van der Waals surface area contributed by atoms with Gasteiger partial charge in [0.05, 0.1) is 4.34 Å². The number of hydrogen-bond acceptors (Lipinski definition) is 2. The minimum atomic E-state index is -0.771. The highest BCUT2D eigenvalue weighted by Crippen LogP contribution is 2.25. The molecule has 1 fully saturated rings. The van der Waals surface area contributed by atoms with E-state index in [4.69, 9.17) is 11.6 Å². The van der Waals surface area contributed by atoms with Crippen molar-refractivity contribution < 1.29 is 4.39 Å². The Morgan fingerprint density at radius 2 is 2.50 bits per heavy atom. The highest BCUT2D eigenvalue weighted by atomic mass is 35.5. The second-order valence-corrected chi connectivity index (χ2v) is 5.43. The van der Waals surface area contributed by atoms with Gasteiger partial charge in [0.15, 0.2) is 0 Å². The van der Waals surface area contributed by atoms with Crippen LogP contribution in [-0.2, 0) is 6.42 Å². The van der Waals surface area contributed by atoms with Gasteiger partial charge in [-0.25, -0.2) is 4.39 Å². The van der Waals surface area contributed by atoms with E-state index >= 15 is 0 Å². The third kappa shape index (κ3) is 2.47. The quantitative estimate of drug-likeness (QED) is 0.846. The summed E-state index contributed by atoms with van der Waals surface area (Å²) in [6, 6.07) is 3.79. The molecule has 2 atom stereocenters. The van der Waals surface area contributed by atoms with Gasteiger partial charge >= 0.3 is 0 Å². The van der Waals surface area contributed by atoms with Crippen molar-refractivity contribution >= 4 is 22.9 Å². The standard InChI is InChI=1S/C10H13ClFNS/c11-10-4-3-7(14-10)6-8(12)9-2-1-5-13-9/h3-4,8-9,13H,1-2,5-6H2. The Balaban J connectivity index is 1.90. The monoisotopic (exact) mass is 233 g/mol. The number of halogens is 2. The van der Waals surface area contributed by atoms with Crippen LogP contribution in [0.2, 0.25) is 4.34 Å². The van der Waals surface area contributed by atoms with Crippen molar-refractivity contribution in [1.82, 2.24) is 5.32 Å². The van der Waals surface area contributed by atoms with E-state index in [1.807, 2.05) is 12.1 Å². The van der Waals surface area contributed by atoms with E-state index in [0.717, 1.165) is 28.6 Å². The number of alkyl halides is 1. The van der Waals surface area contributed by atoms with Crippen molar-refractivity contribution in [3.05, 3.63) is 21.3 Å². The summed E-state index contributed by atoms with van der Waals surface area (Å²) in [5.41, 5.74) is 0. The molecule has 1 aliphatic rings. The molecule has 4 heteroatoms. The molecule has 1 nitrogen and oxygen atoms in total. The molecule has 0 radical (unpaired) electrons. The second kappa shape index (κ2) is 4.60. The molecule has 1 aliphatic heterocycles. The fourth-order valence-corrected chi connectivity index (χ4v) is 2.94. The van der Waals surface area contributed by atoms with E-state index in [-0.39, 0.29) is 6.04 Å². The molecule has 2 rings (SSSR count). The van der Waals surface area contributed by atoms with Crippen LogP contribution in [0, 0.1) is 0 Å². The number of hydrogen-bond donors (Lipinski definition) is 1. The lowest BCUT2D eigenvalue weighted by atomic mass is 10.1. The number of rotatable bonds is 3. The summed E-state index contributed by atoms with van der Waals surface area (Å²) in [5, 5.41) is 3.18.